The smallest absolute Gasteiger partial charge is 0.161 e. The van der Waals surface area contributed by atoms with Crippen molar-refractivity contribution in [1.82, 2.24) is 10.3 Å². The van der Waals surface area contributed by atoms with Crippen LogP contribution in [0.25, 0.3) is 10.9 Å². The summed E-state index contributed by atoms with van der Waals surface area (Å²) in [6.45, 7) is 1.64. The number of fused-ring (bicyclic) bond motifs is 1. The third-order valence-corrected chi connectivity index (χ3v) is 3.91. The third kappa shape index (κ3) is 3.00. The predicted octanol–water partition coefficient (Wildman–Crippen LogP) is 2.94. The number of hydrogen-bond acceptors (Lipinski definition) is 4. The van der Waals surface area contributed by atoms with Gasteiger partial charge in [-0.25, -0.2) is 13.8 Å². The van der Waals surface area contributed by atoms with Crippen LogP contribution < -0.4 is 10.6 Å². The number of aromatic nitrogens is 1. The van der Waals surface area contributed by atoms with Gasteiger partial charge in [0.1, 0.15) is 11.9 Å². The number of hydrogen-bond donors (Lipinski definition) is 2. The molecule has 1 atom stereocenters. The van der Waals surface area contributed by atoms with Crippen LogP contribution in [0.5, 0.6) is 0 Å². The third-order valence-electron chi connectivity index (χ3n) is 3.91. The molecule has 2 N–H and O–H groups in total. The summed E-state index contributed by atoms with van der Waals surface area (Å²) in [6.07, 6.45) is 3.43. The summed E-state index contributed by atoms with van der Waals surface area (Å²) in [5.74, 6) is -1.47. The minimum absolute atomic E-state index is 0.328. The molecule has 0 aliphatic carbocycles. The van der Waals surface area contributed by atoms with Crippen LogP contribution in [0, 0.1) is 23.0 Å². The van der Waals surface area contributed by atoms with Crippen LogP contribution in [0.2, 0.25) is 0 Å². The summed E-state index contributed by atoms with van der Waals surface area (Å²) in [5.41, 5.74) is 0.659. The molecule has 3 rings (SSSR count). The average molecular weight is 302 g/mol. The van der Waals surface area contributed by atoms with Crippen molar-refractivity contribution in [3.63, 3.8) is 0 Å². The minimum Gasteiger partial charge on any atom is -0.367 e. The van der Waals surface area contributed by atoms with Gasteiger partial charge >= 0.3 is 0 Å². The van der Waals surface area contributed by atoms with Crippen molar-refractivity contribution >= 4 is 16.7 Å². The molecule has 1 aromatic heterocycles. The molecule has 1 unspecified atom stereocenters. The predicted molar refractivity (Wildman–Crippen MR) is 80.5 cm³/mol. The lowest BCUT2D eigenvalue weighted by Crippen LogP contribution is -2.39. The van der Waals surface area contributed by atoms with E-state index in [0.717, 1.165) is 25.1 Å². The summed E-state index contributed by atoms with van der Waals surface area (Å²) in [7, 11) is 0. The maximum atomic E-state index is 13.3. The van der Waals surface area contributed by atoms with E-state index in [2.05, 4.69) is 15.6 Å². The highest BCUT2D eigenvalue weighted by Gasteiger charge is 2.14. The number of nitriles is 1. The van der Waals surface area contributed by atoms with Crippen LogP contribution >= 0.6 is 0 Å². The first-order valence-electron chi connectivity index (χ1n) is 7.34. The van der Waals surface area contributed by atoms with E-state index in [1.807, 2.05) is 6.07 Å². The Morgan fingerprint density at radius 2 is 2.09 bits per heavy atom. The molecule has 1 aromatic carbocycles. The van der Waals surface area contributed by atoms with E-state index in [-0.39, 0.29) is 0 Å². The molecule has 0 bridgehead atoms. The van der Waals surface area contributed by atoms with Crippen LogP contribution in [0.4, 0.5) is 14.6 Å². The van der Waals surface area contributed by atoms with Gasteiger partial charge in [0.15, 0.2) is 11.6 Å². The average Bonchev–Trinajstić information content (AvgIpc) is 2.54. The van der Waals surface area contributed by atoms with E-state index in [9.17, 15) is 14.0 Å². The minimum atomic E-state index is -0.940. The summed E-state index contributed by atoms with van der Waals surface area (Å²) in [4.78, 5) is 4.26. The highest BCUT2D eigenvalue weighted by molar-refractivity contribution is 5.83. The molecule has 0 saturated carbocycles. The second-order valence-electron chi connectivity index (χ2n) is 5.48. The van der Waals surface area contributed by atoms with E-state index in [1.54, 1.807) is 0 Å². The molecule has 1 aliphatic rings. The molecule has 1 saturated heterocycles. The number of nitrogens with one attached hydrogen (secondary N) is 2. The van der Waals surface area contributed by atoms with Crippen molar-refractivity contribution in [1.29, 1.82) is 5.26 Å². The summed E-state index contributed by atoms with van der Waals surface area (Å²) < 4.78 is 26.6. The number of benzene rings is 1. The molecular formula is C16H16F2N4. The van der Waals surface area contributed by atoms with Gasteiger partial charge in [0.05, 0.1) is 11.1 Å². The van der Waals surface area contributed by atoms with Crippen LogP contribution in [0.3, 0.4) is 0 Å². The van der Waals surface area contributed by atoms with Gasteiger partial charge in [-0.2, -0.15) is 5.26 Å². The van der Waals surface area contributed by atoms with Crippen LogP contribution in [-0.2, 0) is 0 Å². The van der Waals surface area contributed by atoms with Crippen molar-refractivity contribution in [2.75, 3.05) is 18.4 Å². The standard InChI is InChI=1S/C16H16F2N4/c17-13-6-10-5-11(8-19)16(22-15(10)7-14(13)18)21-9-12-3-1-2-4-20-12/h5-7,12,20H,1-4,9H2,(H,21,22). The van der Waals surface area contributed by atoms with Gasteiger partial charge in [0, 0.05) is 24.0 Å². The number of pyridine rings is 1. The summed E-state index contributed by atoms with van der Waals surface area (Å²) >= 11 is 0. The van der Waals surface area contributed by atoms with Crippen LogP contribution in [0.1, 0.15) is 24.8 Å². The molecule has 0 amide bonds. The second-order valence-corrected chi connectivity index (χ2v) is 5.48. The van der Waals surface area contributed by atoms with Gasteiger partial charge in [-0.3, -0.25) is 0 Å². The van der Waals surface area contributed by atoms with Gasteiger partial charge in [-0.15, -0.1) is 0 Å². The lowest BCUT2D eigenvalue weighted by Gasteiger charge is -2.24. The number of anilines is 1. The van der Waals surface area contributed by atoms with Crippen molar-refractivity contribution in [2.24, 2.45) is 0 Å². The SMILES string of the molecule is N#Cc1cc2cc(F)c(F)cc2nc1NCC1CCCCN1. The molecule has 0 radical (unpaired) electrons. The van der Waals surface area contributed by atoms with E-state index in [4.69, 9.17) is 0 Å². The zero-order chi connectivity index (χ0) is 15.5. The molecule has 22 heavy (non-hydrogen) atoms. The molecular weight excluding hydrogens is 286 g/mol. The van der Waals surface area contributed by atoms with E-state index < -0.39 is 11.6 Å². The maximum absolute atomic E-state index is 13.3. The Balaban J connectivity index is 1.87. The maximum Gasteiger partial charge on any atom is 0.161 e. The van der Waals surface area contributed by atoms with Gasteiger partial charge in [-0.05, 0) is 31.5 Å². The van der Waals surface area contributed by atoms with Crippen molar-refractivity contribution in [3.8, 4) is 6.07 Å². The van der Waals surface area contributed by atoms with E-state index >= 15 is 0 Å². The Bertz CT molecular complexity index is 733. The zero-order valence-electron chi connectivity index (χ0n) is 12.0. The molecule has 2 heterocycles. The summed E-state index contributed by atoms with van der Waals surface area (Å²) in [6, 6.07) is 6.02. The lowest BCUT2D eigenvalue weighted by molar-refractivity contribution is 0.414. The highest BCUT2D eigenvalue weighted by Crippen LogP contribution is 2.22. The van der Waals surface area contributed by atoms with Crippen LogP contribution in [-0.4, -0.2) is 24.1 Å². The number of nitrogens with zero attached hydrogens (tertiary/aromatic N) is 2. The quantitative estimate of drug-likeness (QED) is 0.915. The van der Waals surface area contributed by atoms with E-state index in [1.165, 1.54) is 18.9 Å². The largest absolute Gasteiger partial charge is 0.367 e. The molecule has 1 aliphatic heterocycles. The molecule has 114 valence electrons. The first-order valence-corrected chi connectivity index (χ1v) is 7.34. The lowest BCUT2D eigenvalue weighted by atomic mass is 10.1. The Morgan fingerprint density at radius 1 is 1.27 bits per heavy atom. The molecule has 2 aromatic rings. The number of rotatable bonds is 3. The topological polar surface area (TPSA) is 60.7 Å². The van der Waals surface area contributed by atoms with Crippen molar-refractivity contribution in [3.05, 3.63) is 35.4 Å². The fraction of sp³-hybridized carbons (Fsp3) is 0.375. The Morgan fingerprint density at radius 3 is 2.82 bits per heavy atom. The molecule has 1 fully saturated rings. The fourth-order valence-electron chi connectivity index (χ4n) is 2.71. The van der Waals surface area contributed by atoms with Gasteiger partial charge in [-0.1, -0.05) is 6.42 Å². The Hall–Kier alpha value is -2.26. The van der Waals surface area contributed by atoms with Gasteiger partial charge < -0.3 is 10.6 Å². The zero-order valence-corrected chi connectivity index (χ0v) is 12.0. The van der Waals surface area contributed by atoms with Gasteiger partial charge in [0.2, 0.25) is 0 Å². The first kappa shape index (κ1) is 14.7. The highest BCUT2D eigenvalue weighted by atomic mass is 19.2. The fourth-order valence-corrected chi connectivity index (χ4v) is 2.71. The number of piperidine rings is 1. The molecule has 6 heteroatoms. The molecule has 4 nitrogen and oxygen atoms in total. The normalized spacial score (nSPS) is 18.1. The van der Waals surface area contributed by atoms with E-state index in [0.29, 0.717) is 34.9 Å². The second kappa shape index (κ2) is 6.24. The first-order chi connectivity index (χ1) is 10.7. The Labute approximate surface area is 127 Å². The van der Waals surface area contributed by atoms with Crippen LogP contribution in [0.15, 0.2) is 18.2 Å². The molecule has 0 spiro atoms. The number of halogens is 2. The Kier molecular flexibility index (Phi) is 4.16. The van der Waals surface area contributed by atoms with Crippen molar-refractivity contribution < 1.29 is 8.78 Å². The monoisotopic (exact) mass is 302 g/mol. The van der Waals surface area contributed by atoms with Gasteiger partial charge in [0.25, 0.3) is 0 Å². The summed E-state index contributed by atoms with van der Waals surface area (Å²) in [5, 5.41) is 16.2. The van der Waals surface area contributed by atoms with Crippen molar-refractivity contribution in [2.45, 2.75) is 25.3 Å².